The van der Waals surface area contributed by atoms with Crippen molar-refractivity contribution in [2.75, 3.05) is 0 Å². The van der Waals surface area contributed by atoms with Gasteiger partial charge in [-0.2, -0.15) is 9.59 Å². The van der Waals surface area contributed by atoms with E-state index in [0.29, 0.717) is 11.4 Å². The number of nitrogens with zero attached hydrogens (tertiary/aromatic N) is 6. The van der Waals surface area contributed by atoms with Crippen molar-refractivity contribution in [2.45, 2.75) is 133 Å². The standard InChI is InChI=1S/2C20H25N3O.2C3H7O.Zr/c2*1-19(2,3)13-20(4,5)14-10-11-18(24)17(12-14)23-21-15-8-6-7-9-16(15)22-23;2*1-3(2)4;/h2*6-12,24H,13H2,1-5H3;2*3H,1-2H3;/q;;2*-1;+4/p-2. The first-order valence-electron chi connectivity index (χ1n) is 19.4. The molecule has 2 heterocycles. The van der Waals surface area contributed by atoms with Gasteiger partial charge in [0.25, 0.3) is 0 Å². The molecule has 0 N–H and O–H groups in total. The van der Waals surface area contributed by atoms with Crippen LogP contribution in [0.1, 0.15) is 121 Å². The monoisotopic (exact) mass is 852 g/mol. The van der Waals surface area contributed by atoms with E-state index in [-0.39, 0.29) is 59.4 Å². The van der Waals surface area contributed by atoms with Crippen molar-refractivity contribution in [3.63, 3.8) is 0 Å². The van der Waals surface area contributed by atoms with Crippen molar-refractivity contribution in [3.8, 4) is 22.9 Å². The fourth-order valence-electron chi connectivity index (χ4n) is 6.98. The van der Waals surface area contributed by atoms with Crippen LogP contribution in [0.25, 0.3) is 33.4 Å². The van der Waals surface area contributed by atoms with Gasteiger partial charge in [0.2, 0.25) is 0 Å². The smallest absolute Gasteiger partial charge is 0.871 e. The molecule has 2 aromatic heterocycles. The van der Waals surface area contributed by atoms with E-state index in [4.69, 9.17) is 0 Å². The SMILES string of the molecule is CC(C)(C)CC(C)(C)c1ccc([O-])c(-n2nc3ccccc3n2)c1.CC(C)(C)CC(C)(C)c1ccc([O-])c(-n2nc3ccccc3n2)c1.CC(C)[O-].CC(C)[O-].[Zr+4]. The summed E-state index contributed by atoms with van der Waals surface area (Å²) in [5, 5.41) is 61.6. The molecule has 0 fully saturated rings. The zero-order valence-corrected chi connectivity index (χ0v) is 38.9. The summed E-state index contributed by atoms with van der Waals surface area (Å²) in [5.74, 6) is -0.128. The molecule has 0 spiro atoms. The van der Waals surface area contributed by atoms with Gasteiger partial charge in [0.1, 0.15) is 22.1 Å². The Hall–Kier alpha value is -3.92. The minimum absolute atomic E-state index is 0. The quantitative estimate of drug-likeness (QED) is 0.164. The van der Waals surface area contributed by atoms with Gasteiger partial charge in [-0.3, -0.25) is 0 Å². The van der Waals surface area contributed by atoms with E-state index in [1.807, 2.05) is 72.8 Å². The van der Waals surface area contributed by atoms with Gasteiger partial charge >= 0.3 is 26.2 Å². The van der Waals surface area contributed by atoms with Gasteiger partial charge in [0.15, 0.2) is 0 Å². The van der Waals surface area contributed by atoms with Crippen molar-refractivity contribution >= 4 is 22.1 Å². The van der Waals surface area contributed by atoms with Crippen LogP contribution in [-0.4, -0.2) is 42.2 Å². The first-order chi connectivity index (χ1) is 25.8. The molecule has 0 unspecified atom stereocenters. The Morgan fingerprint density at radius 1 is 0.474 bits per heavy atom. The number of hydrogen-bond acceptors (Lipinski definition) is 8. The molecule has 6 aromatic rings. The van der Waals surface area contributed by atoms with Crippen molar-refractivity contribution in [3.05, 3.63) is 96.1 Å². The van der Waals surface area contributed by atoms with Gasteiger partial charge in [-0.1, -0.05) is 157 Å². The van der Waals surface area contributed by atoms with Crippen LogP contribution in [0.3, 0.4) is 0 Å². The third kappa shape index (κ3) is 15.4. The maximum absolute atomic E-state index is 12.4. The number of hydrogen-bond donors (Lipinski definition) is 0. The van der Waals surface area contributed by atoms with Crippen LogP contribution in [-0.2, 0) is 37.0 Å². The third-order valence-electron chi connectivity index (χ3n) is 8.43. The van der Waals surface area contributed by atoms with Gasteiger partial charge in [-0.05, 0) is 82.0 Å². The molecule has 0 bridgehead atoms. The zero-order chi connectivity index (χ0) is 42.2. The van der Waals surface area contributed by atoms with Crippen molar-refractivity contribution < 1.29 is 46.6 Å². The van der Waals surface area contributed by atoms with E-state index >= 15 is 0 Å². The van der Waals surface area contributed by atoms with Crippen molar-refractivity contribution in [1.82, 2.24) is 30.0 Å². The maximum atomic E-state index is 12.4. The Bertz CT molecular complexity index is 1930. The van der Waals surface area contributed by atoms with E-state index in [9.17, 15) is 20.4 Å². The van der Waals surface area contributed by atoms with Gasteiger partial charge < -0.3 is 20.4 Å². The zero-order valence-electron chi connectivity index (χ0n) is 36.5. The molecular weight excluding hydrogens is 792 g/mol. The third-order valence-corrected chi connectivity index (χ3v) is 8.43. The first kappa shape index (κ1) is 49.2. The predicted octanol–water partition coefficient (Wildman–Crippen LogP) is 7.92. The van der Waals surface area contributed by atoms with Crippen LogP contribution in [0.5, 0.6) is 11.5 Å². The number of aromatic nitrogens is 6. The second-order valence-electron chi connectivity index (χ2n) is 18.7. The van der Waals surface area contributed by atoms with Crippen LogP contribution in [0.4, 0.5) is 0 Å². The Morgan fingerprint density at radius 3 is 0.947 bits per heavy atom. The van der Waals surface area contributed by atoms with Crippen LogP contribution >= 0.6 is 0 Å². The molecule has 0 saturated heterocycles. The Kier molecular flexibility index (Phi) is 17.4. The van der Waals surface area contributed by atoms with E-state index in [0.717, 1.165) is 46.0 Å². The molecule has 0 aliphatic carbocycles. The molecule has 6 rings (SSSR count). The first-order valence-corrected chi connectivity index (χ1v) is 19.4. The largest absolute Gasteiger partial charge is 4.00 e. The molecule has 0 atom stereocenters. The topological polar surface area (TPSA) is 154 Å². The summed E-state index contributed by atoms with van der Waals surface area (Å²) < 4.78 is 0. The van der Waals surface area contributed by atoms with E-state index in [2.05, 4.69) is 89.6 Å². The Morgan fingerprint density at radius 2 is 0.719 bits per heavy atom. The normalized spacial score (nSPS) is 12.0. The summed E-state index contributed by atoms with van der Waals surface area (Å²) in [4.78, 5) is 2.92. The molecule has 10 nitrogen and oxygen atoms in total. The van der Waals surface area contributed by atoms with Crippen molar-refractivity contribution in [2.24, 2.45) is 10.8 Å². The predicted molar refractivity (Wildman–Crippen MR) is 221 cm³/mol. The van der Waals surface area contributed by atoms with E-state index in [1.54, 1.807) is 39.8 Å². The second kappa shape index (κ2) is 20.2. The van der Waals surface area contributed by atoms with Gasteiger partial charge in [0, 0.05) is 0 Å². The minimum atomic E-state index is -0.417. The Balaban J connectivity index is 0.000000327. The molecule has 0 saturated carbocycles. The number of benzene rings is 4. The molecule has 0 aliphatic heterocycles. The average molecular weight is 854 g/mol. The number of rotatable bonds is 6. The molecule has 304 valence electrons. The molecule has 0 radical (unpaired) electrons. The molecular formula is C46H62N6O4Zr. The molecule has 0 amide bonds. The van der Waals surface area contributed by atoms with E-state index < -0.39 is 12.2 Å². The maximum Gasteiger partial charge on any atom is 4.00 e. The summed E-state index contributed by atoms with van der Waals surface area (Å²) >= 11 is 0. The van der Waals surface area contributed by atoms with E-state index in [1.165, 1.54) is 9.59 Å². The summed E-state index contributed by atoms with van der Waals surface area (Å²) in [6.07, 6.45) is 1.21. The summed E-state index contributed by atoms with van der Waals surface area (Å²) in [6, 6.07) is 26.3. The molecule has 0 aliphatic rings. The van der Waals surface area contributed by atoms with Gasteiger partial charge in [0.05, 0.1) is 11.4 Å². The van der Waals surface area contributed by atoms with Crippen LogP contribution in [0, 0.1) is 10.8 Å². The van der Waals surface area contributed by atoms with Crippen LogP contribution in [0.2, 0.25) is 0 Å². The molecule has 11 heteroatoms. The fourth-order valence-corrected chi connectivity index (χ4v) is 6.98. The fraction of sp³-hybridized carbons (Fsp3) is 0.478. The minimum Gasteiger partial charge on any atom is -0.871 e. The average Bonchev–Trinajstić information content (AvgIpc) is 3.67. The van der Waals surface area contributed by atoms with Gasteiger partial charge in [-0.25, -0.2) is 0 Å². The van der Waals surface area contributed by atoms with Crippen molar-refractivity contribution in [1.29, 1.82) is 0 Å². The summed E-state index contributed by atoms with van der Waals surface area (Å²) in [5.41, 5.74) is 6.77. The summed E-state index contributed by atoms with van der Waals surface area (Å²) in [6.45, 7) is 28.7. The summed E-state index contributed by atoms with van der Waals surface area (Å²) in [7, 11) is 0. The van der Waals surface area contributed by atoms with Gasteiger partial charge in [-0.15, -0.1) is 32.6 Å². The molecule has 4 aromatic carbocycles. The second-order valence-corrected chi connectivity index (χ2v) is 18.7. The Labute approximate surface area is 359 Å². The molecule has 57 heavy (non-hydrogen) atoms. The van der Waals surface area contributed by atoms with Crippen LogP contribution < -0.4 is 20.4 Å². The van der Waals surface area contributed by atoms with Crippen LogP contribution in [0.15, 0.2) is 84.9 Å². The number of fused-ring (bicyclic) bond motifs is 2.